The van der Waals surface area contributed by atoms with Crippen LogP contribution in [0, 0.1) is 0 Å². The van der Waals surface area contributed by atoms with Crippen molar-refractivity contribution in [1.29, 1.82) is 0 Å². The number of nitrogens with zero attached hydrogens (tertiary/aromatic N) is 1. The number of hydrogen-bond donors (Lipinski definition) is 5. The van der Waals surface area contributed by atoms with E-state index in [4.69, 9.17) is 9.79 Å². The average molecular weight is 359 g/mol. The lowest BCUT2D eigenvalue weighted by molar-refractivity contribution is 0.266. The molecule has 1 unspecified atom stereocenters. The highest BCUT2D eigenvalue weighted by atomic mass is 31.2. The Labute approximate surface area is 142 Å². The largest absolute Gasteiger partial charge is 0.524 e. The first kappa shape index (κ1) is 15.9. The number of hydrogen-bond acceptors (Lipinski definition) is 5. The van der Waals surface area contributed by atoms with Gasteiger partial charge in [0.2, 0.25) is 0 Å². The van der Waals surface area contributed by atoms with Gasteiger partial charge in [-0.1, -0.05) is 0 Å². The molecule has 128 valence electrons. The van der Waals surface area contributed by atoms with E-state index in [1.807, 2.05) is 12.1 Å². The monoisotopic (exact) mass is 359 g/mol. The van der Waals surface area contributed by atoms with Crippen molar-refractivity contribution in [1.82, 2.24) is 9.97 Å². The minimum atomic E-state index is -4.65. The van der Waals surface area contributed by atoms with E-state index in [0.29, 0.717) is 16.8 Å². The molecule has 1 aliphatic heterocycles. The van der Waals surface area contributed by atoms with E-state index in [1.165, 1.54) is 12.1 Å². The van der Waals surface area contributed by atoms with E-state index >= 15 is 0 Å². The second-order valence-electron chi connectivity index (χ2n) is 5.58. The summed E-state index contributed by atoms with van der Waals surface area (Å²) in [6.07, 6.45) is 4.32. The molecule has 4 rings (SSSR count). The van der Waals surface area contributed by atoms with Crippen LogP contribution in [0.1, 0.15) is 11.1 Å². The maximum atomic E-state index is 11.0. The summed E-state index contributed by atoms with van der Waals surface area (Å²) in [4.78, 5) is 25.2. The molecule has 1 atom stereocenters. The van der Waals surface area contributed by atoms with Crippen LogP contribution in [-0.4, -0.2) is 31.1 Å². The van der Waals surface area contributed by atoms with Gasteiger partial charge in [0, 0.05) is 40.2 Å². The van der Waals surface area contributed by atoms with Gasteiger partial charge < -0.3 is 19.9 Å². The van der Waals surface area contributed by atoms with Gasteiger partial charge >= 0.3 is 7.82 Å². The number of benzene rings is 1. The highest BCUT2D eigenvalue weighted by Gasteiger charge is 2.26. The zero-order chi connectivity index (χ0) is 17.6. The Kier molecular flexibility index (Phi) is 3.63. The molecule has 5 N–H and O–H groups in total. The van der Waals surface area contributed by atoms with E-state index in [2.05, 4.69) is 19.8 Å². The number of rotatable bonds is 3. The van der Waals surface area contributed by atoms with Crippen molar-refractivity contribution in [2.24, 2.45) is 0 Å². The molecule has 3 aromatic rings. The van der Waals surface area contributed by atoms with Crippen LogP contribution in [0.4, 0.5) is 5.69 Å². The summed E-state index contributed by atoms with van der Waals surface area (Å²) in [5, 5.41) is 14.1. The summed E-state index contributed by atoms with van der Waals surface area (Å²) < 4.78 is 15.7. The van der Waals surface area contributed by atoms with Crippen LogP contribution in [0.5, 0.6) is 5.75 Å². The van der Waals surface area contributed by atoms with Crippen LogP contribution >= 0.6 is 7.82 Å². The number of nitrogens with one attached hydrogen (secondary N) is 2. The lowest BCUT2D eigenvalue weighted by Gasteiger charge is -2.08. The van der Waals surface area contributed by atoms with Crippen LogP contribution in [0.3, 0.4) is 0 Å². The van der Waals surface area contributed by atoms with Gasteiger partial charge in [0.05, 0.1) is 0 Å². The molecule has 0 aliphatic carbocycles. The smallest absolute Gasteiger partial charge is 0.404 e. The first-order chi connectivity index (χ1) is 11.9. The fraction of sp³-hybridized carbons (Fsp3) is 0.0625. The van der Waals surface area contributed by atoms with E-state index in [-0.39, 0.29) is 5.75 Å². The molecule has 1 aliphatic rings. The Morgan fingerprint density at radius 1 is 1.28 bits per heavy atom. The van der Waals surface area contributed by atoms with Crippen LogP contribution < -0.4 is 9.84 Å². The number of aliphatic hydroxyl groups excluding tert-OH is 1. The van der Waals surface area contributed by atoms with E-state index < -0.39 is 14.1 Å². The molecule has 25 heavy (non-hydrogen) atoms. The highest BCUT2D eigenvalue weighted by molar-refractivity contribution is 7.46. The number of aromatic amines is 1. The van der Waals surface area contributed by atoms with Gasteiger partial charge in [-0.3, -0.25) is 9.79 Å². The molecular weight excluding hydrogens is 345 g/mol. The van der Waals surface area contributed by atoms with Gasteiger partial charge in [-0.25, -0.2) is 9.55 Å². The zero-order valence-electron chi connectivity index (χ0n) is 12.7. The van der Waals surface area contributed by atoms with Crippen molar-refractivity contribution in [2.75, 3.05) is 5.32 Å². The fourth-order valence-corrected chi connectivity index (χ4v) is 3.26. The number of anilines is 1. The number of pyridine rings is 1. The SMILES string of the molecule is O=P(O)(O)Oc1ccc2c(c1)C(=Cc1c[nH]c3ncccc13)C(O)N2. The quantitative estimate of drug-likeness (QED) is 0.454. The third-order valence-electron chi connectivity index (χ3n) is 3.91. The summed E-state index contributed by atoms with van der Waals surface area (Å²) in [5.74, 6) is 0.0227. The average Bonchev–Trinajstić information content (AvgIpc) is 3.08. The predicted molar refractivity (Wildman–Crippen MR) is 92.7 cm³/mol. The third-order valence-corrected chi connectivity index (χ3v) is 4.36. The number of aliphatic hydroxyl groups is 1. The van der Waals surface area contributed by atoms with Gasteiger partial charge in [-0.15, -0.1) is 0 Å². The second kappa shape index (κ2) is 5.72. The van der Waals surface area contributed by atoms with Crippen LogP contribution in [0.25, 0.3) is 22.7 Å². The molecule has 8 nitrogen and oxygen atoms in total. The van der Waals surface area contributed by atoms with E-state index in [9.17, 15) is 9.67 Å². The first-order valence-electron chi connectivity index (χ1n) is 7.38. The highest BCUT2D eigenvalue weighted by Crippen LogP contribution is 2.42. The molecule has 0 saturated carbocycles. The Balaban J connectivity index is 1.79. The lowest BCUT2D eigenvalue weighted by Crippen LogP contribution is -2.12. The lowest BCUT2D eigenvalue weighted by atomic mass is 10.0. The van der Waals surface area contributed by atoms with Crippen LogP contribution in [0.2, 0.25) is 0 Å². The molecule has 0 bridgehead atoms. The number of fused-ring (bicyclic) bond motifs is 2. The minimum Gasteiger partial charge on any atom is -0.404 e. The minimum absolute atomic E-state index is 0.0227. The predicted octanol–water partition coefficient (Wildman–Crippen LogP) is 2.32. The van der Waals surface area contributed by atoms with Crippen LogP contribution in [-0.2, 0) is 4.57 Å². The van der Waals surface area contributed by atoms with Crippen molar-refractivity contribution in [3.63, 3.8) is 0 Å². The van der Waals surface area contributed by atoms with E-state index in [1.54, 1.807) is 24.5 Å². The third kappa shape index (κ3) is 3.04. The Morgan fingerprint density at radius 3 is 2.92 bits per heavy atom. The van der Waals surface area contributed by atoms with E-state index in [0.717, 1.165) is 16.6 Å². The van der Waals surface area contributed by atoms with Gasteiger partial charge in [0.1, 0.15) is 11.4 Å². The normalized spacial score (nSPS) is 18.4. The maximum Gasteiger partial charge on any atom is 0.524 e. The second-order valence-corrected chi connectivity index (χ2v) is 6.74. The standard InChI is InChI=1S/C16H14N3O5P/c20-16-13(6-9-8-18-15-11(9)2-1-5-17-15)12-7-10(24-25(21,22)23)3-4-14(12)19-16/h1-8,16,19-20H,(H,17,18)(H2,21,22,23). The number of phosphoric acid groups is 1. The first-order valence-corrected chi connectivity index (χ1v) is 8.92. The summed E-state index contributed by atoms with van der Waals surface area (Å²) in [5.41, 5.74) is 3.39. The molecule has 0 radical (unpaired) electrons. The molecule has 0 spiro atoms. The van der Waals surface area contributed by atoms with Gasteiger partial charge in [0.15, 0.2) is 6.23 Å². The van der Waals surface area contributed by atoms with Gasteiger partial charge in [0.25, 0.3) is 0 Å². The van der Waals surface area contributed by atoms with Crippen molar-refractivity contribution in [3.8, 4) is 5.75 Å². The number of phosphoric ester groups is 1. The molecule has 1 aromatic carbocycles. The molecule has 0 fully saturated rings. The molecule has 3 heterocycles. The summed E-state index contributed by atoms with van der Waals surface area (Å²) >= 11 is 0. The molecular formula is C16H14N3O5P. The number of H-pyrrole nitrogens is 1. The zero-order valence-corrected chi connectivity index (χ0v) is 13.6. The summed E-state index contributed by atoms with van der Waals surface area (Å²) in [7, 11) is -4.65. The topological polar surface area (TPSA) is 128 Å². The molecule has 9 heteroatoms. The Hall–Kier alpha value is -2.64. The summed E-state index contributed by atoms with van der Waals surface area (Å²) in [6, 6.07) is 8.24. The molecule has 0 amide bonds. The fourth-order valence-electron chi connectivity index (χ4n) is 2.88. The van der Waals surface area contributed by atoms with Crippen LogP contribution in [0.15, 0.2) is 42.7 Å². The number of aromatic nitrogens is 2. The van der Waals surface area contributed by atoms with Crippen molar-refractivity contribution < 1.29 is 24.0 Å². The van der Waals surface area contributed by atoms with Gasteiger partial charge in [-0.05, 0) is 36.4 Å². The Bertz CT molecular complexity index is 1040. The summed E-state index contributed by atoms with van der Waals surface area (Å²) in [6.45, 7) is 0. The van der Waals surface area contributed by atoms with Crippen molar-refractivity contribution in [3.05, 3.63) is 53.9 Å². The van der Waals surface area contributed by atoms with Crippen molar-refractivity contribution >= 4 is 36.2 Å². The molecule has 2 aromatic heterocycles. The van der Waals surface area contributed by atoms with Crippen molar-refractivity contribution in [2.45, 2.75) is 6.23 Å². The van der Waals surface area contributed by atoms with Gasteiger partial charge in [-0.2, -0.15) is 0 Å². The molecule has 0 saturated heterocycles. The Morgan fingerprint density at radius 2 is 2.12 bits per heavy atom. The maximum absolute atomic E-state index is 11.0.